The van der Waals surface area contributed by atoms with Gasteiger partial charge in [0.1, 0.15) is 0 Å². The summed E-state index contributed by atoms with van der Waals surface area (Å²) in [5.41, 5.74) is 3.03. The third-order valence-electron chi connectivity index (χ3n) is 3.43. The zero-order chi connectivity index (χ0) is 17.9. The first-order valence-electron chi connectivity index (χ1n) is 7.45. The van der Waals surface area contributed by atoms with E-state index in [1.165, 1.54) is 0 Å². The van der Waals surface area contributed by atoms with E-state index < -0.39 is 16.1 Å². The first-order chi connectivity index (χ1) is 11.2. The number of carbonyl (C=O) groups is 1. The van der Waals surface area contributed by atoms with E-state index >= 15 is 0 Å². The van der Waals surface area contributed by atoms with Gasteiger partial charge in [0.15, 0.2) is 0 Å². The fourth-order valence-electron chi connectivity index (χ4n) is 2.23. The number of anilines is 1. The van der Waals surface area contributed by atoms with Crippen LogP contribution in [0, 0.1) is 13.8 Å². The second-order valence-electron chi connectivity index (χ2n) is 5.48. The van der Waals surface area contributed by atoms with Gasteiger partial charge in [-0.25, -0.2) is 13.1 Å². The SMILES string of the molecule is CCC(=O)Nc1nnc(S(=O)(=O)NC(C)c2ccc(C)cc2C)s1. The van der Waals surface area contributed by atoms with Crippen molar-refractivity contribution in [3.05, 3.63) is 34.9 Å². The van der Waals surface area contributed by atoms with Crippen molar-refractivity contribution in [3.63, 3.8) is 0 Å². The summed E-state index contributed by atoms with van der Waals surface area (Å²) in [7, 11) is -3.81. The lowest BCUT2D eigenvalue weighted by molar-refractivity contribution is -0.115. The maximum Gasteiger partial charge on any atom is 0.270 e. The molecule has 1 amide bonds. The van der Waals surface area contributed by atoms with E-state index in [1.807, 2.05) is 32.0 Å². The first-order valence-corrected chi connectivity index (χ1v) is 9.75. The van der Waals surface area contributed by atoms with Gasteiger partial charge < -0.3 is 5.32 Å². The molecule has 0 saturated carbocycles. The smallest absolute Gasteiger partial charge is 0.270 e. The molecule has 0 aliphatic rings. The molecule has 0 saturated heterocycles. The van der Waals surface area contributed by atoms with E-state index in [4.69, 9.17) is 0 Å². The predicted octanol–water partition coefficient (Wildman–Crippen LogP) is 2.54. The minimum atomic E-state index is -3.81. The Morgan fingerprint density at radius 2 is 2.00 bits per heavy atom. The van der Waals surface area contributed by atoms with Crippen molar-refractivity contribution in [2.45, 2.75) is 44.5 Å². The number of sulfonamides is 1. The summed E-state index contributed by atoms with van der Waals surface area (Å²) in [6.07, 6.45) is 0.281. The highest BCUT2D eigenvalue weighted by Crippen LogP contribution is 2.24. The van der Waals surface area contributed by atoms with Crippen molar-refractivity contribution in [2.24, 2.45) is 0 Å². The lowest BCUT2D eigenvalue weighted by Gasteiger charge is -2.16. The van der Waals surface area contributed by atoms with Gasteiger partial charge in [0, 0.05) is 12.5 Å². The fourth-order valence-corrected chi connectivity index (χ4v) is 4.39. The summed E-state index contributed by atoms with van der Waals surface area (Å²) >= 11 is 0.823. The maximum absolute atomic E-state index is 12.4. The van der Waals surface area contributed by atoms with E-state index in [0.29, 0.717) is 0 Å². The molecule has 0 radical (unpaired) electrons. The van der Waals surface area contributed by atoms with Crippen LogP contribution in [0.5, 0.6) is 0 Å². The van der Waals surface area contributed by atoms with Gasteiger partial charge in [0.05, 0.1) is 0 Å². The lowest BCUT2D eigenvalue weighted by Crippen LogP contribution is -2.27. The number of rotatable bonds is 6. The minimum Gasteiger partial charge on any atom is -0.301 e. The highest BCUT2D eigenvalue weighted by Gasteiger charge is 2.24. The van der Waals surface area contributed by atoms with Gasteiger partial charge in [-0.2, -0.15) is 0 Å². The number of aryl methyl sites for hydroxylation is 2. The first kappa shape index (κ1) is 18.5. The molecule has 2 rings (SSSR count). The molecular weight excluding hydrogens is 348 g/mol. The predicted molar refractivity (Wildman–Crippen MR) is 93.5 cm³/mol. The van der Waals surface area contributed by atoms with Crippen LogP contribution in [0.4, 0.5) is 5.13 Å². The number of aromatic nitrogens is 2. The summed E-state index contributed by atoms with van der Waals surface area (Å²) < 4.78 is 27.3. The third-order valence-corrected chi connectivity index (χ3v) is 6.17. The van der Waals surface area contributed by atoms with Crippen LogP contribution in [0.2, 0.25) is 0 Å². The van der Waals surface area contributed by atoms with E-state index in [2.05, 4.69) is 20.2 Å². The number of nitrogens with zero attached hydrogens (tertiary/aromatic N) is 2. The summed E-state index contributed by atoms with van der Waals surface area (Å²) in [4.78, 5) is 11.3. The fraction of sp³-hybridized carbons (Fsp3) is 0.400. The van der Waals surface area contributed by atoms with Crippen LogP contribution >= 0.6 is 11.3 Å². The molecule has 9 heteroatoms. The van der Waals surface area contributed by atoms with Crippen LogP contribution in [0.25, 0.3) is 0 Å². The topological polar surface area (TPSA) is 101 Å². The molecule has 1 unspecified atom stereocenters. The largest absolute Gasteiger partial charge is 0.301 e. The Hall–Kier alpha value is -1.84. The summed E-state index contributed by atoms with van der Waals surface area (Å²) in [5.74, 6) is -0.244. The summed E-state index contributed by atoms with van der Waals surface area (Å²) in [6, 6.07) is 5.44. The Kier molecular flexibility index (Phi) is 5.68. The van der Waals surface area contributed by atoms with Gasteiger partial charge >= 0.3 is 0 Å². The molecule has 0 bridgehead atoms. The van der Waals surface area contributed by atoms with Gasteiger partial charge in [-0.15, -0.1) is 10.2 Å². The highest BCUT2D eigenvalue weighted by molar-refractivity contribution is 7.91. The van der Waals surface area contributed by atoms with Gasteiger partial charge in [0.2, 0.25) is 15.4 Å². The zero-order valence-corrected chi connectivity index (χ0v) is 15.6. The lowest BCUT2D eigenvalue weighted by atomic mass is 10.0. The second-order valence-corrected chi connectivity index (χ2v) is 8.34. The standard InChI is InChI=1S/C15H20N4O3S2/c1-5-13(20)16-14-17-18-15(23-14)24(21,22)19-11(4)12-7-6-9(2)8-10(12)3/h6-8,11,19H,5H2,1-4H3,(H,16,17,20). The van der Waals surface area contributed by atoms with Crippen LogP contribution in [-0.2, 0) is 14.8 Å². The summed E-state index contributed by atoms with van der Waals surface area (Å²) in [5, 5.41) is 10.0. The van der Waals surface area contributed by atoms with Crippen molar-refractivity contribution in [2.75, 3.05) is 5.32 Å². The second kappa shape index (κ2) is 7.37. The van der Waals surface area contributed by atoms with Crippen molar-refractivity contribution in [3.8, 4) is 0 Å². The van der Waals surface area contributed by atoms with Crippen molar-refractivity contribution < 1.29 is 13.2 Å². The minimum absolute atomic E-state index is 0.168. The molecule has 130 valence electrons. The average Bonchev–Trinajstić information content (AvgIpc) is 2.95. The zero-order valence-electron chi connectivity index (χ0n) is 14.0. The Morgan fingerprint density at radius 1 is 1.29 bits per heavy atom. The third kappa shape index (κ3) is 4.37. The van der Waals surface area contributed by atoms with E-state index in [1.54, 1.807) is 13.8 Å². The molecule has 0 aliphatic heterocycles. The Morgan fingerprint density at radius 3 is 2.62 bits per heavy atom. The quantitative estimate of drug-likeness (QED) is 0.763. The molecule has 0 aliphatic carbocycles. The van der Waals surface area contributed by atoms with Gasteiger partial charge in [-0.1, -0.05) is 42.0 Å². The Bertz CT molecular complexity index is 846. The Balaban J connectivity index is 2.17. The van der Waals surface area contributed by atoms with Crippen LogP contribution < -0.4 is 10.0 Å². The molecular formula is C15H20N4O3S2. The van der Waals surface area contributed by atoms with Crippen LogP contribution in [-0.4, -0.2) is 24.5 Å². The average molecular weight is 368 g/mol. The van der Waals surface area contributed by atoms with Gasteiger partial charge in [-0.05, 0) is 31.9 Å². The van der Waals surface area contributed by atoms with Crippen LogP contribution in [0.15, 0.2) is 22.5 Å². The van der Waals surface area contributed by atoms with Gasteiger partial charge in [0.25, 0.3) is 10.0 Å². The molecule has 1 aromatic carbocycles. The van der Waals surface area contributed by atoms with E-state index in [-0.39, 0.29) is 21.8 Å². The summed E-state index contributed by atoms with van der Waals surface area (Å²) in [6.45, 7) is 7.40. The number of hydrogen-bond donors (Lipinski definition) is 2. The Labute approximate surface area is 145 Å². The van der Waals surface area contributed by atoms with Crippen molar-refractivity contribution in [1.82, 2.24) is 14.9 Å². The molecule has 1 heterocycles. The van der Waals surface area contributed by atoms with Crippen molar-refractivity contribution >= 4 is 32.4 Å². The number of nitrogens with one attached hydrogen (secondary N) is 2. The number of hydrogen-bond acceptors (Lipinski definition) is 6. The van der Waals surface area contributed by atoms with Crippen LogP contribution in [0.3, 0.4) is 0 Å². The van der Waals surface area contributed by atoms with Crippen LogP contribution in [0.1, 0.15) is 43.0 Å². The molecule has 1 aromatic heterocycles. The molecule has 0 fully saturated rings. The number of benzene rings is 1. The number of carbonyl (C=O) groups excluding carboxylic acids is 1. The number of amides is 1. The molecule has 24 heavy (non-hydrogen) atoms. The highest BCUT2D eigenvalue weighted by atomic mass is 32.2. The molecule has 2 N–H and O–H groups in total. The van der Waals surface area contributed by atoms with E-state index in [9.17, 15) is 13.2 Å². The monoisotopic (exact) mass is 368 g/mol. The normalized spacial score (nSPS) is 12.8. The molecule has 7 nitrogen and oxygen atoms in total. The molecule has 0 spiro atoms. The molecule has 2 aromatic rings. The van der Waals surface area contributed by atoms with Gasteiger partial charge in [-0.3, -0.25) is 4.79 Å². The molecule has 1 atom stereocenters. The van der Waals surface area contributed by atoms with Crippen molar-refractivity contribution in [1.29, 1.82) is 0 Å². The van der Waals surface area contributed by atoms with E-state index in [0.717, 1.165) is 28.0 Å². The maximum atomic E-state index is 12.4.